The first-order valence-corrected chi connectivity index (χ1v) is 11.6. The van der Waals surface area contributed by atoms with E-state index in [-0.39, 0.29) is 12.1 Å². The van der Waals surface area contributed by atoms with Crippen molar-refractivity contribution in [1.82, 2.24) is 0 Å². The Hall–Kier alpha value is -3.10. The van der Waals surface area contributed by atoms with Gasteiger partial charge in [0.25, 0.3) is 0 Å². The fourth-order valence-corrected chi connectivity index (χ4v) is 3.81. The van der Waals surface area contributed by atoms with E-state index < -0.39 is 0 Å². The van der Waals surface area contributed by atoms with Crippen LogP contribution in [0.5, 0.6) is 0 Å². The van der Waals surface area contributed by atoms with E-state index >= 15 is 0 Å². The second-order valence-corrected chi connectivity index (χ2v) is 7.83. The number of rotatable bonds is 6. The lowest BCUT2D eigenvalue weighted by atomic mass is 10.3. The predicted molar refractivity (Wildman–Crippen MR) is 128 cm³/mol. The minimum atomic E-state index is -0.330. The molecule has 4 amide bonds. The van der Waals surface area contributed by atoms with E-state index in [1.165, 1.54) is 0 Å². The maximum Gasteiger partial charge on any atom is 0.323 e. The van der Waals surface area contributed by atoms with Gasteiger partial charge in [-0.1, -0.05) is 24.3 Å². The summed E-state index contributed by atoms with van der Waals surface area (Å²) in [5, 5.41) is 11.3. The molecule has 0 saturated carbocycles. The third kappa shape index (κ3) is 5.95. The Morgan fingerprint density at radius 2 is 0.933 bits per heavy atom. The van der Waals surface area contributed by atoms with Crippen LogP contribution in [0.3, 0.4) is 0 Å². The van der Waals surface area contributed by atoms with Gasteiger partial charge in [0, 0.05) is 21.2 Å². The maximum absolute atomic E-state index is 12.3. The highest BCUT2D eigenvalue weighted by Gasteiger charge is 2.08. The van der Waals surface area contributed by atoms with Gasteiger partial charge in [0.05, 0.1) is 11.4 Å². The van der Waals surface area contributed by atoms with Crippen molar-refractivity contribution in [2.24, 2.45) is 0 Å². The molecule has 3 aromatic carbocycles. The Bertz CT molecular complexity index is 943. The van der Waals surface area contributed by atoms with Crippen LogP contribution < -0.4 is 21.3 Å². The van der Waals surface area contributed by atoms with E-state index in [4.69, 9.17) is 0 Å². The highest BCUT2D eigenvalue weighted by Crippen LogP contribution is 2.26. The van der Waals surface area contributed by atoms with Crippen LogP contribution in [0.4, 0.5) is 32.3 Å². The molecule has 0 fully saturated rings. The highest BCUT2D eigenvalue weighted by atomic mass is 32.2. The fourth-order valence-electron chi connectivity index (χ4n) is 2.70. The van der Waals surface area contributed by atoms with Gasteiger partial charge in [-0.05, 0) is 61.0 Å². The first-order chi connectivity index (χ1) is 14.6. The molecule has 3 aromatic rings. The molecular formula is C22H22N4O2S2. The summed E-state index contributed by atoms with van der Waals surface area (Å²) in [4.78, 5) is 26.5. The molecule has 0 aliphatic rings. The first kappa shape index (κ1) is 21.6. The van der Waals surface area contributed by atoms with Crippen LogP contribution in [-0.4, -0.2) is 24.6 Å². The third-order valence-corrected chi connectivity index (χ3v) is 5.70. The average molecular weight is 439 g/mol. The van der Waals surface area contributed by atoms with Gasteiger partial charge < -0.3 is 21.3 Å². The Morgan fingerprint density at radius 1 is 0.567 bits per heavy atom. The molecule has 0 bridgehead atoms. The predicted octanol–water partition coefficient (Wildman–Crippen LogP) is 6.42. The second-order valence-electron chi connectivity index (χ2n) is 6.14. The molecule has 0 unspecified atom stereocenters. The van der Waals surface area contributed by atoms with Gasteiger partial charge >= 0.3 is 12.1 Å². The molecule has 154 valence electrons. The van der Waals surface area contributed by atoms with E-state index in [1.807, 2.05) is 61.0 Å². The Balaban J connectivity index is 1.55. The van der Waals surface area contributed by atoms with Crippen LogP contribution >= 0.6 is 23.5 Å². The molecular weight excluding hydrogens is 416 g/mol. The standard InChI is InChI=1S/C22H22N4O2S2/c1-29-19-9-5-3-7-17(19)25-21(27)23-15-11-13-16(14-12-15)24-22(28)26-18-8-4-6-10-20(18)30-2/h3-14H,1-2H3,(H2,23,25,27)(H2,24,26,28). The van der Waals surface area contributed by atoms with Crippen molar-refractivity contribution >= 4 is 58.3 Å². The molecule has 3 rings (SSSR count). The quantitative estimate of drug-likeness (QED) is 0.335. The van der Waals surface area contributed by atoms with Crippen molar-refractivity contribution in [2.75, 3.05) is 33.8 Å². The van der Waals surface area contributed by atoms with Crippen LogP contribution in [0, 0.1) is 0 Å². The van der Waals surface area contributed by atoms with E-state index in [1.54, 1.807) is 47.8 Å². The molecule has 0 heterocycles. The summed E-state index contributed by atoms with van der Waals surface area (Å²) < 4.78 is 0. The molecule has 0 atom stereocenters. The first-order valence-electron chi connectivity index (χ1n) is 9.11. The molecule has 4 N–H and O–H groups in total. The van der Waals surface area contributed by atoms with Crippen molar-refractivity contribution in [2.45, 2.75) is 9.79 Å². The molecule has 0 aromatic heterocycles. The van der Waals surface area contributed by atoms with Crippen LogP contribution in [0.1, 0.15) is 0 Å². The van der Waals surface area contributed by atoms with Crippen molar-refractivity contribution in [1.29, 1.82) is 0 Å². The third-order valence-electron chi connectivity index (χ3n) is 4.11. The summed E-state index contributed by atoms with van der Waals surface area (Å²) in [7, 11) is 0. The lowest BCUT2D eigenvalue weighted by Gasteiger charge is -2.12. The zero-order valence-electron chi connectivity index (χ0n) is 16.6. The number of anilines is 4. The highest BCUT2D eigenvalue weighted by molar-refractivity contribution is 7.99. The number of hydrogen-bond acceptors (Lipinski definition) is 4. The topological polar surface area (TPSA) is 82.3 Å². The van der Waals surface area contributed by atoms with E-state index in [2.05, 4.69) is 21.3 Å². The van der Waals surface area contributed by atoms with Crippen molar-refractivity contribution in [3.8, 4) is 0 Å². The monoisotopic (exact) mass is 438 g/mol. The summed E-state index contributed by atoms with van der Waals surface area (Å²) >= 11 is 3.13. The van der Waals surface area contributed by atoms with Crippen molar-refractivity contribution in [3.05, 3.63) is 72.8 Å². The second kappa shape index (κ2) is 10.6. The number of thioether (sulfide) groups is 2. The summed E-state index contributed by atoms with van der Waals surface area (Å²) in [6.07, 6.45) is 3.92. The minimum Gasteiger partial charge on any atom is -0.308 e. The number of carbonyl (C=O) groups excluding carboxylic acids is 2. The molecule has 0 saturated heterocycles. The number of hydrogen-bond donors (Lipinski definition) is 4. The Labute approximate surface area is 184 Å². The largest absolute Gasteiger partial charge is 0.323 e. The van der Waals surface area contributed by atoms with Crippen molar-refractivity contribution in [3.63, 3.8) is 0 Å². The molecule has 30 heavy (non-hydrogen) atoms. The lowest BCUT2D eigenvalue weighted by Crippen LogP contribution is -2.20. The summed E-state index contributed by atoms with van der Waals surface area (Å²) in [6.45, 7) is 0. The van der Waals surface area contributed by atoms with E-state index in [0.717, 1.165) is 21.2 Å². The van der Waals surface area contributed by atoms with Gasteiger partial charge in [0.1, 0.15) is 0 Å². The SMILES string of the molecule is CSc1ccccc1NC(=O)Nc1ccc(NC(=O)Nc2ccccc2SC)cc1. The zero-order valence-corrected chi connectivity index (χ0v) is 18.2. The van der Waals surface area contributed by atoms with Gasteiger partial charge in [0.2, 0.25) is 0 Å². The van der Waals surface area contributed by atoms with Gasteiger partial charge in [0.15, 0.2) is 0 Å². The van der Waals surface area contributed by atoms with Crippen LogP contribution in [0.2, 0.25) is 0 Å². The van der Waals surface area contributed by atoms with Crippen molar-refractivity contribution < 1.29 is 9.59 Å². The zero-order chi connectivity index (χ0) is 21.3. The number of carbonyl (C=O) groups is 2. The number of nitrogens with one attached hydrogen (secondary N) is 4. The molecule has 0 aliphatic carbocycles. The molecule has 0 aliphatic heterocycles. The number of urea groups is 2. The number of benzene rings is 3. The maximum atomic E-state index is 12.3. The number of amides is 4. The van der Waals surface area contributed by atoms with E-state index in [9.17, 15) is 9.59 Å². The number of para-hydroxylation sites is 2. The molecule has 8 heteroatoms. The van der Waals surface area contributed by atoms with Gasteiger partial charge in [-0.15, -0.1) is 23.5 Å². The van der Waals surface area contributed by atoms with Gasteiger partial charge in [-0.3, -0.25) is 0 Å². The van der Waals surface area contributed by atoms with Gasteiger partial charge in [-0.2, -0.15) is 0 Å². The fraction of sp³-hybridized carbons (Fsp3) is 0.0909. The average Bonchev–Trinajstić information content (AvgIpc) is 2.76. The minimum absolute atomic E-state index is 0.330. The molecule has 6 nitrogen and oxygen atoms in total. The Morgan fingerprint density at radius 3 is 1.30 bits per heavy atom. The van der Waals surface area contributed by atoms with Crippen LogP contribution in [-0.2, 0) is 0 Å². The smallest absolute Gasteiger partial charge is 0.308 e. The normalized spacial score (nSPS) is 10.2. The summed E-state index contributed by atoms with van der Waals surface area (Å²) in [6, 6.07) is 21.5. The van der Waals surface area contributed by atoms with Crippen LogP contribution in [0.15, 0.2) is 82.6 Å². The van der Waals surface area contributed by atoms with Gasteiger partial charge in [-0.25, -0.2) is 9.59 Å². The Kier molecular flexibility index (Phi) is 7.64. The lowest BCUT2D eigenvalue weighted by molar-refractivity contribution is 0.261. The molecule has 0 spiro atoms. The van der Waals surface area contributed by atoms with Crippen LogP contribution in [0.25, 0.3) is 0 Å². The summed E-state index contributed by atoms with van der Waals surface area (Å²) in [5.74, 6) is 0. The summed E-state index contributed by atoms with van der Waals surface area (Å²) in [5.41, 5.74) is 2.74. The van der Waals surface area contributed by atoms with E-state index in [0.29, 0.717) is 11.4 Å². The molecule has 0 radical (unpaired) electrons.